The normalized spacial score (nSPS) is 14.3. The minimum atomic E-state index is -0.551. The second-order valence-corrected chi connectivity index (χ2v) is 9.34. The van der Waals surface area contributed by atoms with Crippen molar-refractivity contribution in [1.29, 1.82) is 0 Å². The van der Waals surface area contributed by atoms with Crippen LogP contribution < -0.4 is 14.8 Å². The number of methoxy groups -OCH3 is 1. The van der Waals surface area contributed by atoms with Gasteiger partial charge in [0.25, 0.3) is 11.1 Å². The molecule has 3 amide bonds. The lowest BCUT2D eigenvalue weighted by Crippen LogP contribution is -2.36. The Morgan fingerprint density at radius 3 is 2.53 bits per heavy atom. The molecule has 3 aromatic carbocycles. The molecule has 1 fully saturated rings. The fourth-order valence-electron chi connectivity index (χ4n) is 3.53. The number of halogens is 1. The van der Waals surface area contributed by atoms with Crippen LogP contribution in [-0.2, 0) is 16.2 Å². The first-order valence-corrected chi connectivity index (χ1v) is 12.2. The summed E-state index contributed by atoms with van der Waals surface area (Å²) in [5, 5.41) is 2.51. The van der Waals surface area contributed by atoms with Crippen LogP contribution in [0.2, 0.25) is 5.02 Å². The monoisotopic (exact) mass is 522 g/mol. The number of nitrogens with zero attached hydrogens (tertiary/aromatic N) is 1. The number of carbonyl (C=O) groups is 3. The molecular formula is C27H23ClN2O5S. The van der Waals surface area contributed by atoms with Crippen LogP contribution in [0, 0.1) is 6.92 Å². The van der Waals surface area contributed by atoms with E-state index in [2.05, 4.69) is 5.32 Å². The zero-order valence-electron chi connectivity index (χ0n) is 19.6. The van der Waals surface area contributed by atoms with Crippen molar-refractivity contribution >= 4 is 52.2 Å². The average Bonchev–Trinajstić information content (AvgIpc) is 3.12. The highest BCUT2D eigenvalue weighted by Crippen LogP contribution is 2.39. The van der Waals surface area contributed by atoms with Crippen molar-refractivity contribution in [2.24, 2.45) is 0 Å². The molecule has 1 aliphatic heterocycles. The summed E-state index contributed by atoms with van der Waals surface area (Å²) in [6.07, 6.45) is 1.54. The first kappa shape index (κ1) is 25.3. The van der Waals surface area contributed by atoms with Crippen LogP contribution >= 0.6 is 23.4 Å². The predicted molar refractivity (Wildman–Crippen MR) is 141 cm³/mol. The molecule has 7 nitrogen and oxygen atoms in total. The molecule has 0 spiro atoms. The summed E-state index contributed by atoms with van der Waals surface area (Å²) in [5.74, 6) is -0.246. The fraction of sp³-hybridized carbons (Fsp3) is 0.148. The second-order valence-electron chi connectivity index (χ2n) is 7.94. The van der Waals surface area contributed by atoms with Gasteiger partial charge >= 0.3 is 0 Å². The molecule has 0 radical (unpaired) electrons. The van der Waals surface area contributed by atoms with Gasteiger partial charge in [-0.25, -0.2) is 0 Å². The van der Waals surface area contributed by atoms with Crippen LogP contribution in [0.4, 0.5) is 10.5 Å². The summed E-state index contributed by atoms with van der Waals surface area (Å²) in [6.45, 7) is 1.78. The van der Waals surface area contributed by atoms with Crippen molar-refractivity contribution in [1.82, 2.24) is 4.90 Å². The summed E-state index contributed by atoms with van der Waals surface area (Å²) in [4.78, 5) is 38.9. The van der Waals surface area contributed by atoms with E-state index in [1.54, 1.807) is 30.3 Å². The van der Waals surface area contributed by atoms with E-state index >= 15 is 0 Å². The third-order valence-electron chi connectivity index (χ3n) is 5.37. The molecule has 0 unspecified atom stereocenters. The molecular weight excluding hydrogens is 500 g/mol. The second kappa shape index (κ2) is 11.3. The maximum absolute atomic E-state index is 12.9. The molecule has 0 aromatic heterocycles. The van der Waals surface area contributed by atoms with Gasteiger partial charge in [0.1, 0.15) is 13.2 Å². The smallest absolute Gasteiger partial charge is 0.294 e. The fourth-order valence-corrected chi connectivity index (χ4v) is 4.64. The minimum absolute atomic E-state index is 0.180. The first-order chi connectivity index (χ1) is 17.4. The summed E-state index contributed by atoms with van der Waals surface area (Å²) >= 11 is 7.22. The number of nitrogens with one attached hydrogen (secondary N) is 1. The summed E-state index contributed by atoms with van der Waals surface area (Å²) in [7, 11) is 1.49. The number of para-hydroxylation sites is 1. The van der Waals surface area contributed by atoms with Gasteiger partial charge in [-0.1, -0.05) is 60.1 Å². The van der Waals surface area contributed by atoms with E-state index in [4.69, 9.17) is 21.1 Å². The zero-order chi connectivity index (χ0) is 25.7. The van der Waals surface area contributed by atoms with Gasteiger partial charge in [-0.3, -0.25) is 19.3 Å². The van der Waals surface area contributed by atoms with Gasteiger partial charge < -0.3 is 14.8 Å². The lowest BCUT2D eigenvalue weighted by Gasteiger charge is -2.14. The molecule has 1 saturated heterocycles. The summed E-state index contributed by atoms with van der Waals surface area (Å²) in [5.41, 5.74) is 3.03. The Morgan fingerprint density at radius 2 is 1.81 bits per heavy atom. The lowest BCUT2D eigenvalue weighted by molar-refractivity contribution is -0.127. The van der Waals surface area contributed by atoms with Crippen molar-refractivity contribution in [2.75, 3.05) is 19.0 Å². The van der Waals surface area contributed by atoms with Crippen LogP contribution in [0.3, 0.4) is 0 Å². The first-order valence-electron chi connectivity index (χ1n) is 11.0. The van der Waals surface area contributed by atoms with E-state index in [0.717, 1.165) is 27.8 Å². The van der Waals surface area contributed by atoms with Gasteiger partial charge in [-0.05, 0) is 59.7 Å². The van der Waals surface area contributed by atoms with Crippen LogP contribution in [0.15, 0.2) is 71.6 Å². The third kappa shape index (κ3) is 5.90. The van der Waals surface area contributed by atoms with Crippen LogP contribution in [0.5, 0.6) is 11.5 Å². The van der Waals surface area contributed by atoms with E-state index in [1.807, 2.05) is 49.4 Å². The molecule has 1 heterocycles. The molecule has 0 saturated carbocycles. The van der Waals surface area contributed by atoms with Gasteiger partial charge in [0.2, 0.25) is 5.91 Å². The number of aryl methyl sites for hydroxylation is 1. The Balaban J connectivity index is 1.47. The molecule has 0 bridgehead atoms. The van der Waals surface area contributed by atoms with E-state index in [1.165, 1.54) is 7.11 Å². The van der Waals surface area contributed by atoms with Crippen molar-refractivity contribution in [2.45, 2.75) is 13.5 Å². The van der Waals surface area contributed by atoms with Crippen molar-refractivity contribution in [3.63, 3.8) is 0 Å². The van der Waals surface area contributed by atoms with Crippen LogP contribution in [0.25, 0.3) is 6.08 Å². The number of hydrogen-bond acceptors (Lipinski definition) is 6. The highest BCUT2D eigenvalue weighted by molar-refractivity contribution is 8.18. The SMILES string of the molecule is COc1cc(/C=C2\SC(=O)N(CC(=O)Nc3ccccc3C)C2=O)cc(Cl)c1OCc1ccccc1. The van der Waals surface area contributed by atoms with E-state index < -0.39 is 17.1 Å². The molecule has 4 rings (SSSR count). The Bertz CT molecular complexity index is 1340. The molecule has 1 aliphatic rings. The van der Waals surface area contributed by atoms with Gasteiger partial charge in [0.05, 0.1) is 17.0 Å². The quantitative estimate of drug-likeness (QED) is 0.370. The van der Waals surface area contributed by atoms with Crippen molar-refractivity contribution in [3.8, 4) is 11.5 Å². The highest BCUT2D eigenvalue weighted by Gasteiger charge is 2.36. The standard InChI is InChI=1S/C27H23ClN2O5S/c1-17-8-6-7-11-21(17)29-24(31)15-30-26(32)23(36-27(30)33)14-19-12-20(28)25(22(13-19)34-2)35-16-18-9-4-3-5-10-18/h3-14H,15-16H2,1-2H3,(H,29,31)/b23-14-. The molecule has 0 aliphatic carbocycles. The van der Waals surface area contributed by atoms with Gasteiger partial charge in [0.15, 0.2) is 11.5 Å². The van der Waals surface area contributed by atoms with Crippen molar-refractivity contribution < 1.29 is 23.9 Å². The molecule has 0 atom stereocenters. The topological polar surface area (TPSA) is 84.9 Å². The number of benzene rings is 3. The van der Waals surface area contributed by atoms with Gasteiger partial charge in [0, 0.05) is 5.69 Å². The summed E-state index contributed by atoms with van der Waals surface area (Å²) in [6, 6.07) is 20.2. The maximum Gasteiger partial charge on any atom is 0.294 e. The minimum Gasteiger partial charge on any atom is -0.493 e. The van der Waals surface area contributed by atoms with E-state index in [-0.39, 0.29) is 11.4 Å². The predicted octanol–water partition coefficient (Wildman–Crippen LogP) is 5.91. The number of ether oxygens (including phenoxy) is 2. The largest absolute Gasteiger partial charge is 0.493 e. The number of carbonyl (C=O) groups excluding carboxylic acids is 3. The molecule has 9 heteroatoms. The molecule has 3 aromatic rings. The number of amides is 3. The Morgan fingerprint density at radius 1 is 1.08 bits per heavy atom. The molecule has 36 heavy (non-hydrogen) atoms. The van der Waals surface area contributed by atoms with Crippen molar-refractivity contribution in [3.05, 3.63) is 93.3 Å². The Labute approximate surface area is 218 Å². The Kier molecular flexibility index (Phi) is 7.97. The number of rotatable bonds is 8. The lowest BCUT2D eigenvalue weighted by atomic mass is 10.1. The third-order valence-corrected chi connectivity index (χ3v) is 6.56. The molecule has 184 valence electrons. The highest BCUT2D eigenvalue weighted by atomic mass is 35.5. The number of hydrogen-bond donors (Lipinski definition) is 1. The number of imide groups is 1. The average molecular weight is 523 g/mol. The van der Waals surface area contributed by atoms with E-state index in [0.29, 0.717) is 34.4 Å². The number of thioether (sulfide) groups is 1. The summed E-state index contributed by atoms with van der Waals surface area (Å²) < 4.78 is 11.3. The van der Waals surface area contributed by atoms with Gasteiger partial charge in [-0.15, -0.1) is 0 Å². The van der Waals surface area contributed by atoms with Crippen LogP contribution in [-0.4, -0.2) is 35.6 Å². The zero-order valence-corrected chi connectivity index (χ0v) is 21.2. The van der Waals surface area contributed by atoms with Crippen LogP contribution in [0.1, 0.15) is 16.7 Å². The Hall–Kier alpha value is -3.75. The maximum atomic E-state index is 12.9. The van der Waals surface area contributed by atoms with E-state index in [9.17, 15) is 14.4 Å². The molecule has 1 N–H and O–H groups in total. The number of anilines is 1. The van der Waals surface area contributed by atoms with Gasteiger partial charge in [-0.2, -0.15) is 0 Å².